The maximum atomic E-state index is 4.82. The molecule has 1 aliphatic rings. The van der Waals surface area contributed by atoms with Crippen LogP contribution in [0.15, 0.2) is 43.1 Å². The Morgan fingerprint density at radius 2 is 2.00 bits per heavy atom. The van der Waals surface area contributed by atoms with Gasteiger partial charge in [-0.2, -0.15) is 0 Å². The molecule has 2 aromatic rings. The first-order valence-electron chi connectivity index (χ1n) is 10.5. The van der Waals surface area contributed by atoms with Gasteiger partial charge in [-0.15, -0.1) is 0 Å². The molecule has 0 fully saturated rings. The number of nitrogens with zero attached hydrogens (tertiary/aromatic N) is 1. The predicted molar refractivity (Wildman–Crippen MR) is 123 cm³/mol. The van der Waals surface area contributed by atoms with Crippen LogP contribution in [0.25, 0.3) is 29.5 Å². The molecule has 1 heterocycles. The van der Waals surface area contributed by atoms with Crippen molar-refractivity contribution in [3.8, 4) is 11.3 Å². The predicted octanol–water partition coefficient (Wildman–Crippen LogP) is 6.01. The summed E-state index contributed by atoms with van der Waals surface area (Å²) in [4.78, 5) is 4.82. The molecule has 1 aromatic heterocycles. The van der Waals surface area contributed by atoms with Crippen LogP contribution in [0.3, 0.4) is 0 Å². The second kappa shape index (κ2) is 8.31. The smallest absolute Gasteiger partial charge is 0.0783 e. The molecular weight excluding hydrogens is 338 g/mol. The lowest BCUT2D eigenvalue weighted by atomic mass is 9.74. The summed E-state index contributed by atoms with van der Waals surface area (Å²) in [5, 5.41) is 2.20. The van der Waals surface area contributed by atoms with Crippen molar-refractivity contribution in [2.24, 2.45) is 11.8 Å². The van der Waals surface area contributed by atoms with Gasteiger partial charge in [0.25, 0.3) is 0 Å². The van der Waals surface area contributed by atoms with Gasteiger partial charge in [-0.25, -0.2) is 0 Å². The SMILES string of the molecule is C=C(CC(C)C)c1cc(C)cc(C2C=C[C@@H]2C)c1-c1ncc/c(=C/CC)c1=C. The standard InChI is InChI=1S/C27H33N/c1-8-9-22-12-13-28-27(21(22)7)26-24(20(6)14-17(2)3)15-18(4)16-25(26)23-11-10-19(23)5/h9-13,15-17,19,23H,6-8,14H2,1-5H3/b22-9-/t19-,23?/m0/s1. The lowest BCUT2D eigenvalue weighted by Gasteiger charge is -2.30. The highest BCUT2D eigenvalue weighted by Gasteiger charge is 2.27. The van der Waals surface area contributed by atoms with Crippen LogP contribution >= 0.6 is 0 Å². The van der Waals surface area contributed by atoms with Crippen molar-refractivity contribution < 1.29 is 0 Å². The summed E-state index contributed by atoms with van der Waals surface area (Å²) in [5.41, 5.74) is 7.31. The van der Waals surface area contributed by atoms with E-state index in [1.807, 2.05) is 6.20 Å². The largest absolute Gasteiger partial charge is 0.256 e. The number of aryl methyl sites for hydroxylation is 1. The number of hydrogen-bond donors (Lipinski definition) is 0. The first-order valence-corrected chi connectivity index (χ1v) is 10.5. The Bertz CT molecular complexity index is 1020. The fraction of sp³-hybridized carbons (Fsp3) is 0.370. The number of rotatable bonds is 6. The van der Waals surface area contributed by atoms with Crippen molar-refractivity contribution in [3.63, 3.8) is 0 Å². The van der Waals surface area contributed by atoms with Crippen LogP contribution in [0.4, 0.5) is 0 Å². The van der Waals surface area contributed by atoms with Crippen LogP contribution in [0, 0.1) is 18.8 Å². The van der Waals surface area contributed by atoms with Gasteiger partial charge in [0.15, 0.2) is 0 Å². The van der Waals surface area contributed by atoms with Crippen molar-refractivity contribution in [1.82, 2.24) is 4.98 Å². The van der Waals surface area contributed by atoms with E-state index in [1.165, 1.54) is 33.0 Å². The summed E-state index contributed by atoms with van der Waals surface area (Å²) >= 11 is 0. The van der Waals surface area contributed by atoms with Crippen molar-refractivity contribution in [2.75, 3.05) is 0 Å². The van der Waals surface area contributed by atoms with Crippen LogP contribution in [0.5, 0.6) is 0 Å². The third kappa shape index (κ3) is 3.90. The van der Waals surface area contributed by atoms with Gasteiger partial charge in [0, 0.05) is 22.9 Å². The molecule has 1 aromatic carbocycles. The first kappa shape index (κ1) is 20.3. The molecule has 3 rings (SSSR count). The monoisotopic (exact) mass is 371 g/mol. The first-order chi connectivity index (χ1) is 13.3. The van der Waals surface area contributed by atoms with Crippen molar-refractivity contribution in [1.29, 1.82) is 0 Å². The van der Waals surface area contributed by atoms with Crippen molar-refractivity contribution >= 4 is 18.2 Å². The highest BCUT2D eigenvalue weighted by Crippen LogP contribution is 2.43. The molecule has 1 heteroatoms. The Hall–Kier alpha value is -2.41. The highest BCUT2D eigenvalue weighted by atomic mass is 14.7. The fourth-order valence-electron chi connectivity index (χ4n) is 4.19. The zero-order chi connectivity index (χ0) is 20.4. The molecule has 1 aliphatic carbocycles. The minimum absolute atomic E-state index is 0.431. The Morgan fingerprint density at radius 3 is 2.57 bits per heavy atom. The van der Waals surface area contributed by atoms with Gasteiger partial charge in [0.2, 0.25) is 0 Å². The van der Waals surface area contributed by atoms with E-state index in [0.717, 1.165) is 23.8 Å². The number of allylic oxidation sites excluding steroid dienone is 3. The summed E-state index contributed by atoms with van der Waals surface area (Å²) in [7, 11) is 0. The molecule has 28 heavy (non-hydrogen) atoms. The highest BCUT2D eigenvalue weighted by molar-refractivity contribution is 5.83. The zero-order valence-corrected chi connectivity index (χ0v) is 18.0. The van der Waals surface area contributed by atoms with E-state index in [-0.39, 0.29) is 0 Å². The quantitative estimate of drug-likeness (QED) is 0.567. The number of hydrogen-bond acceptors (Lipinski definition) is 1. The number of pyridine rings is 1. The molecule has 0 radical (unpaired) electrons. The molecule has 0 saturated heterocycles. The number of aromatic nitrogens is 1. The molecule has 146 valence electrons. The number of benzene rings is 1. The Morgan fingerprint density at radius 1 is 1.25 bits per heavy atom. The zero-order valence-electron chi connectivity index (χ0n) is 18.0. The van der Waals surface area contributed by atoms with E-state index in [2.05, 4.69) is 84.2 Å². The van der Waals surface area contributed by atoms with Gasteiger partial charge in [-0.3, -0.25) is 4.98 Å². The summed E-state index contributed by atoms with van der Waals surface area (Å²) in [6.45, 7) is 20.0. The Kier molecular flexibility index (Phi) is 6.03. The third-order valence-corrected chi connectivity index (χ3v) is 5.65. The van der Waals surface area contributed by atoms with Crippen LogP contribution < -0.4 is 10.4 Å². The van der Waals surface area contributed by atoms with E-state index < -0.39 is 0 Å². The van der Waals surface area contributed by atoms with Gasteiger partial charge in [-0.1, -0.05) is 76.8 Å². The summed E-state index contributed by atoms with van der Waals surface area (Å²) in [5.74, 6) is 1.55. The van der Waals surface area contributed by atoms with E-state index in [0.29, 0.717) is 17.8 Å². The molecule has 0 N–H and O–H groups in total. The maximum Gasteiger partial charge on any atom is 0.0783 e. The molecule has 2 atom stereocenters. The second-order valence-electron chi connectivity index (χ2n) is 8.59. The molecule has 0 saturated carbocycles. The molecule has 1 nitrogen and oxygen atoms in total. The minimum Gasteiger partial charge on any atom is -0.256 e. The van der Waals surface area contributed by atoms with Crippen LogP contribution in [0.1, 0.15) is 63.1 Å². The lowest BCUT2D eigenvalue weighted by molar-refractivity contribution is 0.583. The average Bonchev–Trinajstić information content (AvgIpc) is 2.62. The molecule has 0 spiro atoms. The summed E-state index contributed by atoms with van der Waals surface area (Å²) in [6, 6.07) is 6.69. The van der Waals surface area contributed by atoms with Gasteiger partial charge in [0.1, 0.15) is 0 Å². The van der Waals surface area contributed by atoms with Gasteiger partial charge >= 0.3 is 0 Å². The molecular formula is C27H33N. The normalized spacial score (nSPS) is 19.1. The summed E-state index contributed by atoms with van der Waals surface area (Å²) in [6.07, 6.45) is 10.7. The van der Waals surface area contributed by atoms with E-state index >= 15 is 0 Å². The average molecular weight is 372 g/mol. The van der Waals surface area contributed by atoms with Crippen LogP contribution in [-0.4, -0.2) is 4.98 Å². The Balaban J connectivity index is 2.33. The topological polar surface area (TPSA) is 12.9 Å². The van der Waals surface area contributed by atoms with Gasteiger partial charge < -0.3 is 0 Å². The van der Waals surface area contributed by atoms with E-state index in [9.17, 15) is 0 Å². The second-order valence-corrected chi connectivity index (χ2v) is 8.59. The lowest BCUT2D eigenvalue weighted by Crippen LogP contribution is -2.27. The molecule has 0 aliphatic heterocycles. The van der Waals surface area contributed by atoms with Crippen LogP contribution in [0.2, 0.25) is 0 Å². The van der Waals surface area contributed by atoms with Gasteiger partial charge in [-0.05, 0) is 59.6 Å². The summed E-state index contributed by atoms with van der Waals surface area (Å²) < 4.78 is 0. The molecule has 0 amide bonds. The van der Waals surface area contributed by atoms with Crippen molar-refractivity contribution in [2.45, 2.75) is 53.4 Å². The molecule has 0 bridgehead atoms. The van der Waals surface area contributed by atoms with E-state index in [1.54, 1.807) is 0 Å². The molecule has 1 unspecified atom stereocenters. The minimum atomic E-state index is 0.431. The maximum absolute atomic E-state index is 4.82. The Labute approximate surface area is 170 Å². The van der Waals surface area contributed by atoms with Crippen molar-refractivity contribution in [3.05, 3.63) is 70.3 Å². The van der Waals surface area contributed by atoms with E-state index in [4.69, 9.17) is 4.98 Å². The van der Waals surface area contributed by atoms with Gasteiger partial charge in [0.05, 0.1) is 5.69 Å². The fourth-order valence-corrected chi connectivity index (χ4v) is 4.19. The van der Waals surface area contributed by atoms with Crippen LogP contribution in [-0.2, 0) is 0 Å². The third-order valence-electron chi connectivity index (χ3n) is 5.65.